The molecule has 0 heterocycles. The summed E-state index contributed by atoms with van der Waals surface area (Å²) in [5.41, 5.74) is 5.19. The van der Waals surface area contributed by atoms with Crippen LogP contribution < -0.4 is 0 Å². The molecule has 0 aliphatic heterocycles. The van der Waals surface area contributed by atoms with Gasteiger partial charge in [-0.2, -0.15) is 8.42 Å². The number of rotatable bonds is 4. The van der Waals surface area contributed by atoms with Gasteiger partial charge in [0.1, 0.15) is 0 Å². The Morgan fingerprint density at radius 2 is 1.12 bits per heavy atom. The minimum absolute atomic E-state index is 0.106. The molecule has 3 nitrogen and oxygen atoms in total. The first-order valence-electron chi connectivity index (χ1n) is 7.86. The van der Waals surface area contributed by atoms with E-state index in [0.717, 1.165) is 27.8 Å². The monoisotopic (exact) mass is 350 g/mol. The highest BCUT2D eigenvalue weighted by molar-refractivity contribution is 7.85. The SMILES string of the molecule is CC(=C(c1ccccc1)c1ccccc1)c1ccc(S(=O)(=O)O)cc1. The first-order valence-corrected chi connectivity index (χ1v) is 9.30. The summed E-state index contributed by atoms with van der Waals surface area (Å²) in [7, 11) is -4.19. The fourth-order valence-electron chi connectivity index (χ4n) is 2.83. The lowest BCUT2D eigenvalue weighted by Crippen LogP contribution is -1.98. The van der Waals surface area contributed by atoms with Crippen molar-refractivity contribution in [3.05, 3.63) is 102 Å². The Morgan fingerprint density at radius 1 is 0.680 bits per heavy atom. The van der Waals surface area contributed by atoms with Gasteiger partial charge in [-0.15, -0.1) is 0 Å². The van der Waals surface area contributed by atoms with E-state index in [4.69, 9.17) is 4.55 Å². The quantitative estimate of drug-likeness (QED) is 0.537. The molecule has 0 fully saturated rings. The molecule has 3 rings (SSSR count). The van der Waals surface area contributed by atoms with Crippen molar-refractivity contribution in [3.8, 4) is 0 Å². The third kappa shape index (κ3) is 3.87. The summed E-state index contributed by atoms with van der Waals surface area (Å²) in [6.45, 7) is 2.01. The standard InChI is InChI=1S/C21H18O3S/c1-16(17-12-14-20(15-13-17)25(22,23)24)21(18-8-4-2-5-9-18)19-10-6-3-7-11-19/h2-15H,1H3,(H,22,23,24). The van der Waals surface area contributed by atoms with Gasteiger partial charge in [-0.05, 0) is 46.9 Å². The number of hydrogen-bond acceptors (Lipinski definition) is 2. The molecule has 0 unspecified atom stereocenters. The Hall–Kier alpha value is -2.69. The molecule has 126 valence electrons. The van der Waals surface area contributed by atoms with E-state index in [1.807, 2.05) is 43.3 Å². The van der Waals surface area contributed by atoms with Gasteiger partial charge < -0.3 is 0 Å². The maximum absolute atomic E-state index is 11.2. The predicted molar refractivity (Wildman–Crippen MR) is 101 cm³/mol. The van der Waals surface area contributed by atoms with Crippen LogP contribution in [0.3, 0.4) is 0 Å². The Labute approximate surface area is 148 Å². The first-order chi connectivity index (χ1) is 12.0. The summed E-state index contributed by atoms with van der Waals surface area (Å²) in [6.07, 6.45) is 0. The molecule has 0 amide bonds. The summed E-state index contributed by atoms with van der Waals surface area (Å²) in [4.78, 5) is -0.106. The van der Waals surface area contributed by atoms with Crippen LogP contribution in [0, 0.1) is 0 Å². The van der Waals surface area contributed by atoms with E-state index in [1.54, 1.807) is 12.1 Å². The largest absolute Gasteiger partial charge is 0.294 e. The molecular weight excluding hydrogens is 332 g/mol. The average Bonchev–Trinajstić information content (AvgIpc) is 2.63. The van der Waals surface area contributed by atoms with E-state index in [0.29, 0.717) is 0 Å². The van der Waals surface area contributed by atoms with Gasteiger partial charge in [0, 0.05) is 0 Å². The van der Waals surface area contributed by atoms with Gasteiger partial charge in [-0.1, -0.05) is 72.8 Å². The van der Waals surface area contributed by atoms with Crippen molar-refractivity contribution in [1.29, 1.82) is 0 Å². The normalized spacial score (nSPS) is 11.1. The number of hydrogen-bond donors (Lipinski definition) is 1. The second kappa shape index (κ2) is 7.05. The molecule has 4 heteroatoms. The van der Waals surface area contributed by atoms with Crippen LogP contribution in [0.15, 0.2) is 89.8 Å². The van der Waals surface area contributed by atoms with E-state index < -0.39 is 10.1 Å². The molecule has 0 aliphatic rings. The van der Waals surface area contributed by atoms with Crippen LogP contribution in [0.4, 0.5) is 0 Å². The highest BCUT2D eigenvalue weighted by atomic mass is 32.2. The molecule has 3 aromatic carbocycles. The zero-order valence-corrected chi connectivity index (χ0v) is 14.6. The van der Waals surface area contributed by atoms with Crippen LogP contribution in [-0.4, -0.2) is 13.0 Å². The van der Waals surface area contributed by atoms with Gasteiger partial charge in [-0.25, -0.2) is 0 Å². The molecule has 0 aromatic heterocycles. The van der Waals surface area contributed by atoms with Crippen LogP contribution in [0.1, 0.15) is 23.6 Å². The van der Waals surface area contributed by atoms with E-state index in [9.17, 15) is 8.42 Å². The van der Waals surface area contributed by atoms with Crippen molar-refractivity contribution in [1.82, 2.24) is 0 Å². The predicted octanol–water partition coefficient (Wildman–Crippen LogP) is 4.91. The Balaban J connectivity index is 2.17. The number of benzene rings is 3. The van der Waals surface area contributed by atoms with Crippen LogP contribution in [0.25, 0.3) is 11.1 Å². The van der Waals surface area contributed by atoms with Gasteiger partial charge in [-0.3, -0.25) is 4.55 Å². The maximum Gasteiger partial charge on any atom is 0.294 e. The summed E-state index contributed by atoms with van der Waals surface area (Å²) in [6, 6.07) is 26.4. The Kier molecular flexibility index (Phi) is 4.83. The van der Waals surface area contributed by atoms with Gasteiger partial charge >= 0.3 is 0 Å². The maximum atomic E-state index is 11.2. The molecule has 0 saturated carbocycles. The highest BCUT2D eigenvalue weighted by Gasteiger charge is 2.12. The van der Waals surface area contributed by atoms with Gasteiger partial charge in [0.15, 0.2) is 0 Å². The molecule has 0 bridgehead atoms. The lowest BCUT2D eigenvalue weighted by atomic mass is 9.90. The average molecular weight is 350 g/mol. The van der Waals surface area contributed by atoms with E-state index in [-0.39, 0.29) is 4.90 Å². The summed E-state index contributed by atoms with van der Waals surface area (Å²) in [5, 5.41) is 0. The van der Waals surface area contributed by atoms with Crippen molar-refractivity contribution in [2.45, 2.75) is 11.8 Å². The van der Waals surface area contributed by atoms with Gasteiger partial charge in [0.2, 0.25) is 0 Å². The van der Waals surface area contributed by atoms with Crippen molar-refractivity contribution < 1.29 is 13.0 Å². The third-order valence-corrected chi connectivity index (χ3v) is 4.95. The first kappa shape index (κ1) is 17.1. The number of allylic oxidation sites excluding steroid dienone is 1. The summed E-state index contributed by atoms with van der Waals surface area (Å²) in [5.74, 6) is 0. The second-order valence-corrected chi connectivity index (χ2v) is 7.15. The molecule has 0 saturated heterocycles. The van der Waals surface area contributed by atoms with Gasteiger partial charge in [0.25, 0.3) is 10.1 Å². The van der Waals surface area contributed by atoms with Crippen molar-refractivity contribution in [2.24, 2.45) is 0 Å². The zero-order chi connectivity index (χ0) is 17.9. The molecule has 0 spiro atoms. The van der Waals surface area contributed by atoms with E-state index in [1.165, 1.54) is 12.1 Å². The van der Waals surface area contributed by atoms with Crippen LogP contribution in [-0.2, 0) is 10.1 Å². The molecule has 25 heavy (non-hydrogen) atoms. The molecule has 0 radical (unpaired) electrons. The highest BCUT2D eigenvalue weighted by Crippen LogP contribution is 2.32. The lowest BCUT2D eigenvalue weighted by molar-refractivity contribution is 0.483. The molecule has 1 N–H and O–H groups in total. The van der Waals surface area contributed by atoms with E-state index in [2.05, 4.69) is 24.3 Å². The lowest BCUT2D eigenvalue weighted by Gasteiger charge is -2.14. The minimum atomic E-state index is -4.19. The molecule has 0 atom stereocenters. The van der Waals surface area contributed by atoms with Crippen LogP contribution in [0.2, 0.25) is 0 Å². The third-order valence-electron chi connectivity index (χ3n) is 4.09. The van der Waals surface area contributed by atoms with Crippen molar-refractivity contribution in [3.63, 3.8) is 0 Å². The van der Waals surface area contributed by atoms with Crippen molar-refractivity contribution in [2.75, 3.05) is 0 Å². The second-order valence-electron chi connectivity index (χ2n) is 5.73. The van der Waals surface area contributed by atoms with Crippen LogP contribution in [0.5, 0.6) is 0 Å². The minimum Gasteiger partial charge on any atom is -0.282 e. The van der Waals surface area contributed by atoms with Gasteiger partial charge in [0.05, 0.1) is 4.90 Å². The molecule has 3 aromatic rings. The topological polar surface area (TPSA) is 54.4 Å². The van der Waals surface area contributed by atoms with Crippen molar-refractivity contribution >= 4 is 21.3 Å². The fourth-order valence-corrected chi connectivity index (χ4v) is 3.31. The van der Waals surface area contributed by atoms with E-state index >= 15 is 0 Å². The summed E-state index contributed by atoms with van der Waals surface area (Å²) >= 11 is 0. The summed E-state index contributed by atoms with van der Waals surface area (Å²) < 4.78 is 31.6. The smallest absolute Gasteiger partial charge is 0.282 e. The van der Waals surface area contributed by atoms with Crippen LogP contribution >= 0.6 is 0 Å². The Bertz CT molecular complexity index is 947. The zero-order valence-electron chi connectivity index (χ0n) is 13.8. The Morgan fingerprint density at radius 3 is 1.52 bits per heavy atom. The molecule has 0 aliphatic carbocycles. The molecular formula is C21H18O3S. The fraction of sp³-hybridized carbons (Fsp3) is 0.0476.